The lowest BCUT2D eigenvalue weighted by Crippen LogP contribution is -2.30. The third-order valence-electron chi connectivity index (χ3n) is 2.66. The average molecular weight is 205 g/mol. The van der Waals surface area contributed by atoms with Gasteiger partial charge in [-0.2, -0.15) is 0 Å². The minimum Gasteiger partial charge on any atom is -0.486 e. The maximum atomic E-state index is 11.2. The maximum absolute atomic E-state index is 11.2. The predicted molar refractivity (Wildman–Crippen MR) is 59.6 cm³/mol. The van der Waals surface area contributed by atoms with Gasteiger partial charge in [0.2, 0.25) is 0 Å². The van der Waals surface area contributed by atoms with Gasteiger partial charge in [-0.15, -0.1) is 0 Å². The quantitative estimate of drug-likeness (QED) is 0.754. The fourth-order valence-electron chi connectivity index (χ4n) is 1.66. The number of ketones is 1. The molecule has 1 aliphatic heterocycles. The summed E-state index contributed by atoms with van der Waals surface area (Å²) in [5.74, 6) is 0.926. The van der Waals surface area contributed by atoms with E-state index in [2.05, 4.69) is 12.2 Å². The Kier molecular flexibility index (Phi) is 2.62. The molecule has 2 rings (SSSR count). The van der Waals surface area contributed by atoms with Gasteiger partial charge in [-0.1, -0.05) is 6.92 Å². The summed E-state index contributed by atoms with van der Waals surface area (Å²) in [5, 5.41) is 3.28. The van der Waals surface area contributed by atoms with E-state index in [4.69, 9.17) is 4.74 Å². The number of carbonyl (C=O) groups is 1. The molecular weight excluding hydrogens is 190 g/mol. The van der Waals surface area contributed by atoms with E-state index in [-0.39, 0.29) is 11.9 Å². The van der Waals surface area contributed by atoms with Crippen LogP contribution in [0.3, 0.4) is 0 Å². The lowest BCUT2D eigenvalue weighted by Gasteiger charge is -2.26. The van der Waals surface area contributed by atoms with Crippen molar-refractivity contribution >= 4 is 11.5 Å². The number of fused-ring (bicyclic) bond motifs is 1. The van der Waals surface area contributed by atoms with Gasteiger partial charge in [-0.3, -0.25) is 4.79 Å². The summed E-state index contributed by atoms with van der Waals surface area (Å²) in [6.45, 7) is 4.48. The summed E-state index contributed by atoms with van der Waals surface area (Å²) in [6, 6.07) is 5.52. The highest BCUT2D eigenvalue weighted by atomic mass is 16.5. The number of Topliss-reactive ketones (excluding diaryl/α,β-unsaturated/α-hetero) is 1. The molecule has 80 valence electrons. The van der Waals surface area contributed by atoms with E-state index in [1.54, 1.807) is 13.0 Å². The van der Waals surface area contributed by atoms with Gasteiger partial charge in [0.25, 0.3) is 0 Å². The van der Waals surface area contributed by atoms with E-state index in [1.807, 2.05) is 12.1 Å². The van der Waals surface area contributed by atoms with Crippen molar-refractivity contribution in [3.63, 3.8) is 0 Å². The monoisotopic (exact) mass is 205 g/mol. The molecule has 0 aliphatic carbocycles. The Bertz CT molecular complexity index is 387. The number of rotatable bonds is 2. The normalized spacial score (nSPS) is 18.7. The SMILES string of the molecule is CCC1CNc2cc(C(C)=O)ccc2O1. The third-order valence-corrected chi connectivity index (χ3v) is 2.66. The molecule has 0 radical (unpaired) electrons. The second-order valence-electron chi connectivity index (χ2n) is 3.80. The number of carbonyl (C=O) groups excluding carboxylic acids is 1. The molecule has 0 aromatic heterocycles. The van der Waals surface area contributed by atoms with Crippen LogP contribution in [0.4, 0.5) is 5.69 Å². The first kappa shape index (κ1) is 10.0. The number of ether oxygens (including phenoxy) is 1. The van der Waals surface area contributed by atoms with Crippen LogP contribution in [0.5, 0.6) is 5.75 Å². The molecule has 3 nitrogen and oxygen atoms in total. The summed E-state index contributed by atoms with van der Waals surface area (Å²) in [6.07, 6.45) is 1.22. The molecule has 0 fully saturated rings. The predicted octanol–water partition coefficient (Wildman–Crippen LogP) is 2.47. The van der Waals surface area contributed by atoms with Crippen LogP contribution in [0.1, 0.15) is 30.6 Å². The van der Waals surface area contributed by atoms with E-state index in [0.29, 0.717) is 0 Å². The van der Waals surface area contributed by atoms with Crippen LogP contribution < -0.4 is 10.1 Å². The Hall–Kier alpha value is -1.51. The van der Waals surface area contributed by atoms with Crippen LogP contribution in [0.25, 0.3) is 0 Å². The van der Waals surface area contributed by atoms with Crippen LogP contribution >= 0.6 is 0 Å². The molecule has 1 aliphatic rings. The van der Waals surface area contributed by atoms with Gasteiger partial charge >= 0.3 is 0 Å². The Labute approximate surface area is 89.4 Å². The van der Waals surface area contributed by atoms with Crippen LogP contribution in [0.2, 0.25) is 0 Å². The fourth-order valence-corrected chi connectivity index (χ4v) is 1.66. The van der Waals surface area contributed by atoms with Crippen molar-refractivity contribution in [3.8, 4) is 5.75 Å². The van der Waals surface area contributed by atoms with Crippen molar-refractivity contribution in [1.82, 2.24) is 0 Å². The average Bonchev–Trinajstić information content (AvgIpc) is 2.27. The molecule has 0 saturated heterocycles. The molecule has 1 aromatic rings. The van der Waals surface area contributed by atoms with Crippen LogP contribution in [-0.2, 0) is 0 Å². The number of anilines is 1. The summed E-state index contributed by atoms with van der Waals surface area (Å²) in [5.41, 5.74) is 1.65. The first-order chi connectivity index (χ1) is 7.20. The number of benzene rings is 1. The van der Waals surface area contributed by atoms with Gasteiger partial charge < -0.3 is 10.1 Å². The van der Waals surface area contributed by atoms with E-state index in [0.717, 1.165) is 30.0 Å². The van der Waals surface area contributed by atoms with Crippen molar-refractivity contribution in [3.05, 3.63) is 23.8 Å². The Morgan fingerprint density at radius 2 is 2.40 bits per heavy atom. The largest absolute Gasteiger partial charge is 0.486 e. The summed E-state index contributed by atoms with van der Waals surface area (Å²) >= 11 is 0. The molecule has 0 spiro atoms. The molecule has 1 atom stereocenters. The van der Waals surface area contributed by atoms with Crippen molar-refractivity contribution in [2.24, 2.45) is 0 Å². The minimum atomic E-state index is 0.0808. The molecule has 1 N–H and O–H groups in total. The standard InChI is InChI=1S/C12H15NO2/c1-3-10-7-13-11-6-9(8(2)14)4-5-12(11)15-10/h4-6,10,13H,3,7H2,1-2H3. The molecule has 0 bridgehead atoms. The van der Waals surface area contributed by atoms with Crippen molar-refractivity contribution in [1.29, 1.82) is 0 Å². The third kappa shape index (κ3) is 1.96. The second kappa shape index (κ2) is 3.93. The van der Waals surface area contributed by atoms with E-state index in [9.17, 15) is 4.79 Å². The Balaban J connectivity index is 2.28. The Morgan fingerprint density at radius 3 is 3.07 bits per heavy atom. The molecule has 1 heterocycles. The van der Waals surface area contributed by atoms with Gasteiger partial charge in [0, 0.05) is 5.56 Å². The molecule has 3 heteroatoms. The number of nitrogens with one attached hydrogen (secondary N) is 1. The lowest BCUT2D eigenvalue weighted by molar-refractivity contribution is 0.101. The van der Waals surface area contributed by atoms with Gasteiger partial charge in [0.05, 0.1) is 12.2 Å². The van der Waals surface area contributed by atoms with Crippen LogP contribution in [0.15, 0.2) is 18.2 Å². The molecular formula is C12H15NO2. The Morgan fingerprint density at radius 1 is 1.60 bits per heavy atom. The topological polar surface area (TPSA) is 38.3 Å². The van der Waals surface area contributed by atoms with Crippen LogP contribution in [0, 0.1) is 0 Å². The zero-order valence-electron chi connectivity index (χ0n) is 9.04. The lowest BCUT2D eigenvalue weighted by atomic mass is 10.1. The zero-order chi connectivity index (χ0) is 10.8. The van der Waals surface area contributed by atoms with E-state index >= 15 is 0 Å². The van der Waals surface area contributed by atoms with Gasteiger partial charge in [0.1, 0.15) is 11.9 Å². The van der Waals surface area contributed by atoms with Crippen LogP contribution in [-0.4, -0.2) is 18.4 Å². The summed E-state index contributed by atoms with van der Waals surface area (Å²) in [7, 11) is 0. The summed E-state index contributed by atoms with van der Waals surface area (Å²) < 4.78 is 5.74. The zero-order valence-corrected chi connectivity index (χ0v) is 9.04. The minimum absolute atomic E-state index is 0.0808. The molecule has 1 aromatic carbocycles. The van der Waals surface area contributed by atoms with Gasteiger partial charge in [-0.05, 0) is 31.5 Å². The second-order valence-corrected chi connectivity index (χ2v) is 3.80. The first-order valence-corrected chi connectivity index (χ1v) is 5.26. The highest BCUT2D eigenvalue weighted by Gasteiger charge is 2.18. The molecule has 0 saturated carbocycles. The first-order valence-electron chi connectivity index (χ1n) is 5.26. The molecule has 0 amide bonds. The number of hydrogen-bond acceptors (Lipinski definition) is 3. The van der Waals surface area contributed by atoms with Gasteiger partial charge in [-0.25, -0.2) is 0 Å². The fraction of sp³-hybridized carbons (Fsp3) is 0.417. The smallest absolute Gasteiger partial charge is 0.159 e. The van der Waals surface area contributed by atoms with Crippen molar-refractivity contribution in [2.45, 2.75) is 26.4 Å². The molecule has 15 heavy (non-hydrogen) atoms. The van der Waals surface area contributed by atoms with Crippen molar-refractivity contribution < 1.29 is 9.53 Å². The maximum Gasteiger partial charge on any atom is 0.159 e. The molecule has 1 unspecified atom stereocenters. The highest BCUT2D eigenvalue weighted by molar-refractivity contribution is 5.95. The number of hydrogen-bond donors (Lipinski definition) is 1. The van der Waals surface area contributed by atoms with Crippen molar-refractivity contribution in [2.75, 3.05) is 11.9 Å². The van der Waals surface area contributed by atoms with E-state index < -0.39 is 0 Å². The van der Waals surface area contributed by atoms with E-state index in [1.165, 1.54) is 0 Å². The summed E-state index contributed by atoms with van der Waals surface area (Å²) in [4.78, 5) is 11.2. The highest BCUT2D eigenvalue weighted by Crippen LogP contribution is 2.30. The van der Waals surface area contributed by atoms with Gasteiger partial charge in [0.15, 0.2) is 5.78 Å².